The van der Waals surface area contributed by atoms with Gasteiger partial charge in [-0.15, -0.1) is 0 Å². The molecule has 0 aliphatic heterocycles. The summed E-state index contributed by atoms with van der Waals surface area (Å²) < 4.78 is 0. The first-order chi connectivity index (χ1) is 7.72. The van der Waals surface area contributed by atoms with Crippen LogP contribution in [-0.4, -0.2) is 12.5 Å². The molecule has 0 heterocycles. The number of amides is 1. The van der Waals surface area contributed by atoms with Crippen LogP contribution in [0.1, 0.15) is 33.1 Å². The van der Waals surface area contributed by atoms with E-state index in [2.05, 4.69) is 17.6 Å². The number of anilines is 2. The molecule has 1 amide bonds. The van der Waals surface area contributed by atoms with E-state index in [1.54, 1.807) is 0 Å². The smallest absolute Gasteiger partial charge is 0.221 e. The predicted octanol–water partition coefficient (Wildman–Crippen LogP) is 3.25. The number of carbonyl (C=O) groups is 1. The van der Waals surface area contributed by atoms with Crippen LogP contribution in [-0.2, 0) is 4.79 Å². The minimum absolute atomic E-state index is 0.0388. The standard InChI is InChI=1S/C13H20N2O/c1-3-4-5-9-14-12-7-6-8-13(10-12)15-11(2)16/h6-8,10,14H,3-5,9H2,1-2H3,(H,15,16). The van der Waals surface area contributed by atoms with Gasteiger partial charge in [-0.05, 0) is 24.6 Å². The molecule has 0 aliphatic carbocycles. The minimum atomic E-state index is -0.0388. The zero-order valence-electron chi connectivity index (χ0n) is 10.0. The lowest BCUT2D eigenvalue weighted by atomic mass is 10.2. The van der Waals surface area contributed by atoms with Crippen LogP contribution in [0.5, 0.6) is 0 Å². The number of benzene rings is 1. The Balaban J connectivity index is 2.44. The summed E-state index contributed by atoms with van der Waals surface area (Å²) in [5.74, 6) is -0.0388. The molecule has 2 N–H and O–H groups in total. The summed E-state index contributed by atoms with van der Waals surface area (Å²) >= 11 is 0. The van der Waals surface area contributed by atoms with Gasteiger partial charge in [0.1, 0.15) is 0 Å². The van der Waals surface area contributed by atoms with Crippen molar-refractivity contribution < 1.29 is 4.79 Å². The Morgan fingerprint density at radius 2 is 2.00 bits per heavy atom. The largest absolute Gasteiger partial charge is 0.385 e. The van der Waals surface area contributed by atoms with E-state index < -0.39 is 0 Å². The molecular weight excluding hydrogens is 200 g/mol. The molecular formula is C13H20N2O. The van der Waals surface area contributed by atoms with Crippen LogP contribution in [0.15, 0.2) is 24.3 Å². The highest BCUT2D eigenvalue weighted by molar-refractivity contribution is 5.89. The molecule has 0 unspecified atom stereocenters. The molecule has 3 nitrogen and oxygen atoms in total. The van der Waals surface area contributed by atoms with Gasteiger partial charge in [0.15, 0.2) is 0 Å². The second kappa shape index (κ2) is 6.88. The fraction of sp³-hybridized carbons (Fsp3) is 0.462. The average molecular weight is 220 g/mol. The molecule has 1 rings (SSSR count). The van der Waals surface area contributed by atoms with Crippen molar-refractivity contribution in [3.63, 3.8) is 0 Å². The number of hydrogen-bond donors (Lipinski definition) is 2. The molecule has 0 aromatic heterocycles. The van der Waals surface area contributed by atoms with Gasteiger partial charge in [-0.3, -0.25) is 4.79 Å². The van der Waals surface area contributed by atoms with Gasteiger partial charge in [0.2, 0.25) is 5.91 Å². The molecule has 1 aromatic rings. The summed E-state index contributed by atoms with van der Waals surface area (Å²) in [6.45, 7) is 4.69. The molecule has 0 aliphatic rings. The van der Waals surface area contributed by atoms with Gasteiger partial charge in [-0.1, -0.05) is 25.8 Å². The molecule has 0 radical (unpaired) electrons. The fourth-order valence-corrected chi connectivity index (χ4v) is 1.52. The van der Waals surface area contributed by atoms with E-state index in [0.29, 0.717) is 0 Å². The van der Waals surface area contributed by atoms with Crippen molar-refractivity contribution in [2.24, 2.45) is 0 Å². The van der Waals surface area contributed by atoms with E-state index in [1.807, 2.05) is 24.3 Å². The molecule has 0 atom stereocenters. The van der Waals surface area contributed by atoms with E-state index in [4.69, 9.17) is 0 Å². The zero-order chi connectivity index (χ0) is 11.8. The Kier molecular flexibility index (Phi) is 5.40. The Hall–Kier alpha value is -1.51. The average Bonchev–Trinajstić information content (AvgIpc) is 2.24. The van der Waals surface area contributed by atoms with Crippen molar-refractivity contribution in [1.82, 2.24) is 0 Å². The maximum atomic E-state index is 10.9. The molecule has 88 valence electrons. The lowest BCUT2D eigenvalue weighted by Gasteiger charge is -2.08. The second-order valence-corrected chi connectivity index (χ2v) is 3.90. The molecule has 0 spiro atoms. The maximum absolute atomic E-state index is 10.9. The first-order valence-electron chi connectivity index (χ1n) is 5.84. The number of carbonyl (C=O) groups excluding carboxylic acids is 1. The third kappa shape index (κ3) is 4.82. The van der Waals surface area contributed by atoms with Crippen molar-refractivity contribution >= 4 is 17.3 Å². The molecule has 16 heavy (non-hydrogen) atoms. The normalized spacial score (nSPS) is 9.88. The summed E-state index contributed by atoms with van der Waals surface area (Å²) in [7, 11) is 0. The van der Waals surface area contributed by atoms with E-state index in [-0.39, 0.29) is 5.91 Å². The van der Waals surface area contributed by atoms with E-state index >= 15 is 0 Å². The number of nitrogens with one attached hydrogen (secondary N) is 2. The van der Waals surface area contributed by atoms with Crippen LogP contribution in [0.25, 0.3) is 0 Å². The molecule has 0 saturated carbocycles. The molecule has 0 bridgehead atoms. The van der Waals surface area contributed by atoms with Gasteiger partial charge >= 0.3 is 0 Å². The van der Waals surface area contributed by atoms with Gasteiger partial charge < -0.3 is 10.6 Å². The monoisotopic (exact) mass is 220 g/mol. The third-order valence-electron chi connectivity index (χ3n) is 2.29. The molecule has 0 fully saturated rings. The van der Waals surface area contributed by atoms with Crippen molar-refractivity contribution in [2.45, 2.75) is 33.1 Å². The maximum Gasteiger partial charge on any atom is 0.221 e. The first kappa shape index (κ1) is 12.6. The highest BCUT2D eigenvalue weighted by Crippen LogP contribution is 2.15. The van der Waals surface area contributed by atoms with Crippen molar-refractivity contribution in [2.75, 3.05) is 17.2 Å². The van der Waals surface area contributed by atoms with E-state index in [9.17, 15) is 4.79 Å². The zero-order valence-corrected chi connectivity index (χ0v) is 10.0. The second-order valence-electron chi connectivity index (χ2n) is 3.90. The third-order valence-corrected chi connectivity index (χ3v) is 2.29. The molecule has 3 heteroatoms. The van der Waals surface area contributed by atoms with Crippen molar-refractivity contribution in [1.29, 1.82) is 0 Å². The van der Waals surface area contributed by atoms with Crippen LogP contribution in [0.4, 0.5) is 11.4 Å². The lowest BCUT2D eigenvalue weighted by molar-refractivity contribution is -0.114. The predicted molar refractivity (Wildman–Crippen MR) is 68.8 cm³/mol. The van der Waals surface area contributed by atoms with Gasteiger partial charge in [0.25, 0.3) is 0 Å². The SMILES string of the molecule is CCCCCNc1cccc(NC(C)=O)c1. The van der Waals surface area contributed by atoms with Gasteiger partial charge in [-0.25, -0.2) is 0 Å². The Labute approximate surface area is 97.2 Å². The number of hydrogen-bond acceptors (Lipinski definition) is 2. The van der Waals surface area contributed by atoms with Gasteiger partial charge in [0, 0.05) is 24.8 Å². The van der Waals surface area contributed by atoms with Crippen LogP contribution >= 0.6 is 0 Å². The van der Waals surface area contributed by atoms with Crippen LogP contribution in [0.3, 0.4) is 0 Å². The quantitative estimate of drug-likeness (QED) is 0.722. The van der Waals surface area contributed by atoms with Gasteiger partial charge in [0.05, 0.1) is 0 Å². The summed E-state index contributed by atoms with van der Waals surface area (Å²) in [5.41, 5.74) is 1.90. The van der Waals surface area contributed by atoms with Crippen molar-refractivity contribution in [3.05, 3.63) is 24.3 Å². The Morgan fingerprint density at radius 3 is 2.69 bits per heavy atom. The number of unbranched alkanes of at least 4 members (excludes halogenated alkanes) is 2. The minimum Gasteiger partial charge on any atom is -0.385 e. The Morgan fingerprint density at radius 1 is 1.25 bits per heavy atom. The lowest BCUT2D eigenvalue weighted by Crippen LogP contribution is -2.06. The highest BCUT2D eigenvalue weighted by atomic mass is 16.1. The first-order valence-corrected chi connectivity index (χ1v) is 5.84. The summed E-state index contributed by atoms with van der Waals surface area (Å²) in [6, 6.07) is 7.79. The van der Waals surface area contributed by atoms with Crippen LogP contribution < -0.4 is 10.6 Å². The number of rotatable bonds is 6. The van der Waals surface area contributed by atoms with E-state index in [1.165, 1.54) is 26.2 Å². The van der Waals surface area contributed by atoms with Crippen molar-refractivity contribution in [3.8, 4) is 0 Å². The van der Waals surface area contributed by atoms with Crippen LogP contribution in [0, 0.1) is 0 Å². The summed E-state index contributed by atoms with van der Waals surface area (Å²) in [6.07, 6.45) is 3.66. The van der Waals surface area contributed by atoms with Gasteiger partial charge in [-0.2, -0.15) is 0 Å². The fourth-order valence-electron chi connectivity index (χ4n) is 1.52. The topological polar surface area (TPSA) is 41.1 Å². The molecule has 1 aromatic carbocycles. The van der Waals surface area contributed by atoms with E-state index in [0.717, 1.165) is 17.9 Å². The molecule has 0 saturated heterocycles. The summed E-state index contributed by atoms with van der Waals surface area (Å²) in [5, 5.41) is 6.11. The summed E-state index contributed by atoms with van der Waals surface area (Å²) in [4.78, 5) is 10.9. The van der Waals surface area contributed by atoms with Crippen LogP contribution in [0.2, 0.25) is 0 Å². The highest BCUT2D eigenvalue weighted by Gasteiger charge is 1.96. The Bertz CT molecular complexity index is 336.